The second kappa shape index (κ2) is 23.5. The highest BCUT2D eigenvalue weighted by atomic mass is 16.5. The molecule has 1 heterocycles. The number of unbranched alkanes of at least 4 members (excludes halogenated alkanes) is 1. The lowest BCUT2D eigenvalue weighted by atomic mass is 10.3. The van der Waals surface area contributed by atoms with Crippen LogP contribution in [-0.4, -0.2) is 80.6 Å². The molecule has 0 saturated carbocycles. The molecule has 0 spiro atoms. The normalized spacial score (nSPS) is 11.5. The zero-order valence-corrected chi connectivity index (χ0v) is 22.6. The van der Waals surface area contributed by atoms with Gasteiger partial charge in [0.05, 0.1) is 27.1 Å². The Labute approximate surface area is 215 Å². The van der Waals surface area contributed by atoms with Crippen molar-refractivity contribution in [1.29, 1.82) is 0 Å². The predicted octanol–water partition coefficient (Wildman–Crippen LogP) is 3.68. The van der Waals surface area contributed by atoms with Crippen molar-refractivity contribution in [2.75, 3.05) is 46.8 Å². The molecule has 0 atom stereocenters. The summed E-state index contributed by atoms with van der Waals surface area (Å²) in [6, 6.07) is 0. The quantitative estimate of drug-likeness (QED) is 0.200. The van der Waals surface area contributed by atoms with E-state index in [0.29, 0.717) is 36.7 Å². The molecule has 1 N–H and O–H groups in total. The van der Waals surface area contributed by atoms with E-state index in [2.05, 4.69) is 42.9 Å². The van der Waals surface area contributed by atoms with Crippen LogP contribution in [0.3, 0.4) is 0 Å². The summed E-state index contributed by atoms with van der Waals surface area (Å²) in [4.78, 5) is 43.5. The Hall–Kier alpha value is -3.24. The third-order valence-corrected chi connectivity index (χ3v) is 3.79. The number of ether oxygens (including phenoxy) is 4. The number of rotatable bonds is 10. The Morgan fingerprint density at radius 2 is 1.28 bits per heavy atom. The third-order valence-electron chi connectivity index (χ3n) is 3.79. The molecular formula is C26H43NO9. The Morgan fingerprint density at radius 1 is 0.833 bits per heavy atom. The summed E-state index contributed by atoms with van der Waals surface area (Å²) in [6.45, 7) is 25.8. The van der Waals surface area contributed by atoms with Crippen LogP contribution in [0.5, 0.6) is 0 Å². The molecule has 10 heteroatoms. The van der Waals surface area contributed by atoms with Gasteiger partial charge in [0.25, 0.3) is 0 Å². The smallest absolute Gasteiger partial charge is 0.333 e. The van der Waals surface area contributed by atoms with Crippen LogP contribution in [-0.2, 0) is 38.1 Å². The Bertz CT molecular complexity index is 739. The van der Waals surface area contributed by atoms with Gasteiger partial charge in [-0.3, -0.25) is 4.90 Å². The molecule has 0 amide bonds. The Morgan fingerprint density at radius 3 is 1.56 bits per heavy atom. The van der Waals surface area contributed by atoms with Gasteiger partial charge >= 0.3 is 23.9 Å². The molecule has 0 radical (unpaired) electrons. The third kappa shape index (κ3) is 25.4. The van der Waals surface area contributed by atoms with Gasteiger partial charge in [-0.05, 0) is 34.1 Å². The molecule has 0 aromatic rings. The molecular weight excluding hydrogens is 470 g/mol. The van der Waals surface area contributed by atoms with Crippen LogP contribution in [0.2, 0.25) is 0 Å². The van der Waals surface area contributed by atoms with Gasteiger partial charge in [-0.15, -0.1) is 0 Å². The monoisotopic (exact) mass is 513 g/mol. The van der Waals surface area contributed by atoms with Crippen LogP contribution in [0.4, 0.5) is 0 Å². The van der Waals surface area contributed by atoms with Gasteiger partial charge in [0.15, 0.2) is 0 Å². The molecule has 36 heavy (non-hydrogen) atoms. The highest BCUT2D eigenvalue weighted by molar-refractivity contribution is 5.87. The standard InChI is InChI=1S/C9H15NO3.C8H14O2.C5H8O2.C4H6O2/c1-8(2)9(11)13-6-4-10-3-5-12-7-10;1-4-5-6-10-8(9)7(2)3;1-4(2)5(6)7-3;1-3(2)4(5)6/h1,3-7H2,2H3;2,4-6H2,1,3H3;1H2,2-3H3;1H2,2H3,(H,5,6). The summed E-state index contributed by atoms with van der Waals surface area (Å²) in [6.07, 6.45) is 1.97. The predicted molar refractivity (Wildman–Crippen MR) is 138 cm³/mol. The largest absolute Gasteiger partial charge is 0.478 e. The first-order valence-electron chi connectivity index (χ1n) is 11.3. The zero-order chi connectivity index (χ0) is 28.7. The molecule has 0 aliphatic carbocycles. The number of carboxylic acid groups (broad SMARTS) is 1. The molecule has 0 aromatic carbocycles. The molecule has 0 bridgehead atoms. The van der Waals surface area contributed by atoms with Crippen molar-refractivity contribution in [2.24, 2.45) is 0 Å². The van der Waals surface area contributed by atoms with Crippen LogP contribution >= 0.6 is 0 Å². The number of hydrogen-bond acceptors (Lipinski definition) is 9. The molecule has 1 fully saturated rings. The van der Waals surface area contributed by atoms with E-state index in [1.165, 1.54) is 14.0 Å². The number of hydrogen-bond donors (Lipinski definition) is 1. The minimum Gasteiger partial charge on any atom is -0.478 e. The number of methoxy groups -OCH3 is 1. The van der Waals surface area contributed by atoms with E-state index in [-0.39, 0.29) is 23.5 Å². The number of carbonyl (C=O) groups excluding carboxylic acids is 3. The maximum absolute atomic E-state index is 10.9. The van der Waals surface area contributed by atoms with Gasteiger partial charge in [0.1, 0.15) is 6.61 Å². The zero-order valence-electron chi connectivity index (χ0n) is 22.6. The van der Waals surface area contributed by atoms with Gasteiger partial charge in [-0.1, -0.05) is 39.7 Å². The number of carbonyl (C=O) groups is 4. The fraction of sp³-hybridized carbons (Fsp3) is 0.538. The molecule has 1 rings (SSSR count). The second-order valence-electron chi connectivity index (χ2n) is 7.70. The van der Waals surface area contributed by atoms with E-state index >= 15 is 0 Å². The molecule has 0 aromatic heterocycles. The minimum absolute atomic E-state index is 0.176. The Kier molecular flexibility index (Phi) is 24.4. The van der Waals surface area contributed by atoms with Crippen molar-refractivity contribution >= 4 is 23.9 Å². The fourth-order valence-electron chi connectivity index (χ4n) is 1.63. The minimum atomic E-state index is -0.935. The first-order valence-corrected chi connectivity index (χ1v) is 11.3. The lowest BCUT2D eigenvalue weighted by Gasteiger charge is -2.12. The SMILES string of the molecule is C=C(C)C(=O)O.C=C(C)C(=O)OC.C=C(C)C(=O)OCCCC.C=C(C)C(=O)OCCN1CCOC1. The van der Waals surface area contributed by atoms with Gasteiger partial charge < -0.3 is 24.1 Å². The first-order chi connectivity index (χ1) is 16.7. The topological polar surface area (TPSA) is 129 Å². The first kappa shape index (κ1) is 37.3. The van der Waals surface area contributed by atoms with E-state index in [9.17, 15) is 19.2 Å². The van der Waals surface area contributed by atoms with E-state index in [1.807, 2.05) is 0 Å². The summed E-state index contributed by atoms with van der Waals surface area (Å²) in [5.74, 6) is -1.89. The number of esters is 3. The van der Waals surface area contributed by atoms with Crippen LogP contribution in [0, 0.1) is 0 Å². The molecule has 0 unspecified atom stereocenters. The van der Waals surface area contributed by atoms with E-state index in [1.54, 1.807) is 20.8 Å². The van der Waals surface area contributed by atoms with Crippen molar-refractivity contribution in [2.45, 2.75) is 47.5 Å². The van der Waals surface area contributed by atoms with E-state index in [4.69, 9.17) is 19.3 Å². The molecule has 206 valence electrons. The maximum Gasteiger partial charge on any atom is 0.333 e. The summed E-state index contributed by atoms with van der Waals surface area (Å²) >= 11 is 0. The van der Waals surface area contributed by atoms with Gasteiger partial charge in [-0.2, -0.15) is 0 Å². The average Bonchev–Trinajstić information content (AvgIpc) is 3.33. The fourth-order valence-corrected chi connectivity index (χ4v) is 1.63. The van der Waals surface area contributed by atoms with E-state index < -0.39 is 5.97 Å². The molecule has 1 aliphatic heterocycles. The highest BCUT2D eigenvalue weighted by Gasteiger charge is 2.12. The molecule has 10 nitrogen and oxygen atoms in total. The maximum atomic E-state index is 10.9. The van der Waals surface area contributed by atoms with Crippen LogP contribution in [0.25, 0.3) is 0 Å². The average molecular weight is 514 g/mol. The number of carboxylic acids is 1. The highest BCUT2D eigenvalue weighted by Crippen LogP contribution is 1.99. The lowest BCUT2D eigenvalue weighted by Crippen LogP contribution is -2.25. The number of nitrogens with zero attached hydrogens (tertiary/aromatic N) is 1. The van der Waals surface area contributed by atoms with Gasteiger partial charge in [-0.25, -0.2) is 19.2 Å². The van der Waals surface area contributed by atoms with Crippen molar-refractivity contribution in [3.8, 4) is 0 Å². The molecule has 1 aliphatic rings. The summed E-state index contributed by atoms with van der Waals surface area (Å²) < 4.78 is 19.1. The van der Waals surface area contributed by atoms with Crippen LogP contribution in [0.15, 0.2) is 48.6 Å². The van der Waals surface area contributed by atoms with Gasteiger partial charge in [0.2, 0.25) is 0 Å². The van der Waals surface area contributed by atoms with Crippen molar-refractivity contribution < 1.29 is 43.2 Å². The van der Waals surface area contributed by atoms with Crippen molar-refractivity contribution in [3.63, 3.8) is 0 Å². The molecule has 1 saturated heterocycles. The summed E-state index contributed by atoms with van der Waals surface area (Å²) in [5.41, 5.74) is 1.52. The van der Waals surface area contributed by atoms with Crippen LogP contribution < -0.4 is 0 Å². The van der Waals surface area contributed by atoms with Gasteiger partial charge in [0, 0.05) is 35.4 Å². The van der Waals surface area contributed by atoms with Crippen molar-refractivity contribution in [1.82, 2.24) is 4.90 Å². The summed E-state index contributed by atoms with van der Waals surface area (Å²) in [5, 5.41) is 7.89. The van der Waals surface area contributed by atoms with Crippen LogP contribution in [0.1, 0.15) is 47.5 Å². The lowest BCUT2D eigenvalue weighted by molar-refractivity contribution is -0.140. The van der Waals surface area contributed by atoms with Crippen molar-refractivity contribution in [3.05, 3.63) is 48.6 Å². The summed E-state index contributed by atoms with van der Waals surface area (Å²) in [7, 11) is 1.33. The number of aliphatic carboxylic acids is 1. The second-order valence-corrected chi connectivity index (χ2v) is 7.70. The van der Waals surface area contributed by atoms with E-state index in [0.717, 1.165) is 32.5 Å². The Balaban J connectivity index is -0.000000424.